The SMILES string of the molecule is CN(C)C(=O)Nc1cc(C(=O)O)cc(C(F)(F)F)c1. The van der Waals surface area contributed by atoms with Crippen LogP contribution < -0.4 is 5.32 Å². The number of alkyl halides is 3. The molecular weight excluding hydrogens is 265 g/mol. The quantitative estimate of drug-likeness (QED) is 0.871. The maximum Gasteiger partial charge on any atom is 0.416 e. The number of nitrogens with zero attached hydrogens (tertiary/aromatic N) is 1. The average molecular weight is 276 g/mol. The maximum absolute atomic E-state index is 12.6. The van der Waals surface area contributed by atoms with E-state index in [0.29, 0.717) is 12.1 Å². The van der Waals surface area contributed by atoms with Gasteiger partial charge in [-0.1, -0.05) is 0 Å². The van der Waals surface area contributed by atoms with Crippen molar-refractivity contribution in [1.29, 1.82) is 0 Å². The second-order valence-electron chi connectivity index (χ2n) is 3.93. The van der Waals surface area contributed by atoms with E-state index in [1.807, 2.05) is 0 Å². The first kappa shape index (κ1) is 14.8. The summed E-state index contributed by atoms with van der Waals surface area (Å²) in [5, 5.41) is 10.9. The number of carboxylic acid groups (broad SMARTS) is 1. The van der Waals surface area contributed by atoms with E-state index in [1.54, 1.807) is 0 Å². The van der Waals surface area contributed by atoms with Crippen LogP contribution in [0.1, 0.15) is 15.9 Å². The largest absolute Gasteiger partial charge is 0.478 e. The number of carboxylic acids is 1. The van der Waals surface area contributed by atoms with Gasteiger partial charge in [-0.15, -0.1) is 0 Å². The summed E-state index contributed by atoms with van der Waals surface area (Å²) < 4.78 is 37.8. The highest BCUT2D eigenvalue weighted by Gasteiger charge is 2.32. The fourth-order valence-electron chi connectivity index (χ4n) is 1.22. The highest BCUT2D eigenvalue weighted by molar-refractivity contribution is 5.93. The van der Waals surface area contributed by atoms with E-state index in [1.165, 1.54) is 14.1 Å². The summed E-state index contributed by atoms with van der Waals surface area (Å²) in [7, 11) is 2.81. The summed E-state index contributed by atoms with van der Waals surface area (Å²) in [6, 6.07) is 1.48. The van der Waals surface area contributed by atoms with Crippen molar-refractivity contribution in [1.82, 2.24) is 4.90 Å². The van der Waals surface area contributed by atoms with E-state index in [9.17, 15) is 22.8 Å². The van der Waals surface area contributed by atoms with Gasteiger partial charge in [0.15, 0.2) is 0 Å². The summed E-state index contributed by atoms with van der Waals surface area (Å²) in [4.78, 5) is 23.2. The lowest BCUT2D eigenvalue weighted by Gasteiger charge is -2.14. The molecule has 104 valence electrons. The third-order valence-electron chi connectivity index (χ3n) is 2.16. The summed E-state index contributed by atoms with van der Waals surface area (Å²) in [5.74, 6) is -1.51. The van der Waals surface area contributed by atoms with Gasteiger partial charge in [0, 0.05) is 19.8 Å². The molecule has 1 aromatic rings. The summed E-state index contributed by atoms with van der Waals surface area (Å²) >= 11 is 0. The van der Waals surface area contributed by atoms with Gasteiger partial charge in [-0.3, -0.25) is 0 Å². The van der Waals surface area contributed by atoms with Crippen molar-refractivity contribution in [3.63, 3.8) is 0 Å². The number of carbonyl (C=O) groups excluding carboxylic acids is 1. The molecule has 0 aliphatic carbocycles. The van der Waals surface area contributed by atoms with Gasteiger partial charge in [-0.05, 0) is 18.2 Å². The van der Waals surface area contributed by atoms with Crippen molar-refractivity contribution in [3.8, 4) is 0 Å². The van der Waals surface area contributed by atoms with Crippen molar-refractivity contribution in [3.05, 3.63) is 29.3 Å². The number of carbonyl (C=O) groups is 2. The van der Waals surface area contributed by atoms with E-state index in [-0.39, 0.29) is 5.69 Å². The second kappa shape index (κ2) is 5.17. The number of benzene rings is 1. The highest BCUT2D eigenvalue weighted by Crippen LogP contribution is 2.32. The molecule has 1 aromatic carbocycles. The van der Waals surface area contributed by atoms with E-state index in [2.05, 4.69) is 5.32 Å². The first-order valence-corrected chi connectivity index (χ1v) is 5.05. The molecule has 2 amide bonds. The fourth-order valence-corrected chi connectivity index (χ4v) is 1.22. The van der Waals surface area contributed by atoms with Crippen molar-refractivity contribution in [2.24, 2.45) is 0 Å². The molecule has 5 nitrogen and oxygen atoms in total. The number of nitrogens with one attached hydrogen (secondary N) is 1. The minimum absolute atomic E-state index is 0.231. The molecule has 0 fully saturated rings. The molecule has 0 aromatic heterocycles. The van der Waals surface area contributed by atoms with Crippen LogP contribution in [0.2, 0.25) is 0 Å². The Morgan fingerprint density at radius 3 is 2.21 bits per heavy atom. The standard InChI is InChI=1S/C11H11F3N2O3/c1-16(2)10(19)15-8-4-6(9(17)18)3-7(5-8)11(12,13)14/h3-5H,1-2H3,(H,15,19)(H,17,18). The monoisotopic (exact) mass is 276 g/mol. The molecule has 0 spiro atoms. The first-order chi connectivity index (χ1) is 8.61. The molecule has 0 saturated carbocycles. The number of rotatable bonds is 2. The molecule has 0 atom stereocenters. The van der Waals surface area contributed by atoms with Crippen molar-refractivity contribution < 1.29 is 27.9 Å². The lowest BCUT2D eigenvalue weighted by molar-refractivity contribution is -0.137. The van der Waals surface area contributed by atoms with Crippen LogP contribution in [0.15, 0.2) is 18.2 Å². The molecule has 0 aliphatic heterocycles. The molecule has 0 unspecified atom stereocenters. The number of hydrogen-bond donors (Lipinski definition) is 2. The molecule has 0 saturated heterocycles. The van der Waals surface area contributed by atoms with Gasteiger partial charge in [0.2, 0.25) is 0 Å². The molecule has 1 rings (SSSR count). The molecular formula is C11H11F3N2O3. The van der Waals surface area contributed by atoms with E-state index < -0.39 is 29.3 Å². The van der Waals surface area contributed by atoms with Gasteiger partial charge in [-0.2, -0.15) is 13.2 Å². The Morgan fingerprint density at radius 1 is 1.21 bits per heavy atom. The number of anilines is 1. The maximum atomic E-state index is 12.6. The third kappa shape index (κ3) is 3.87. The van der Waals surface area contributed by atoms with Crippen LogP contribution in [0.4, 0.5) is 23.7 Å². The predicted molar refractivity (Wildman–Crippen MR) is 61.1 cm³/mol. The Morgan fingerprint density at radius 2 is 1.79 bits per heavy atom. The van der Waals surface area contributed by atoms with Gasteiger partial charge in [0.05, 0.1) is 11.1 Å². The second-order valence-corrected chi connectivity index (χ2v) is 3.93. The first-order valence-electron chi connectivity index (χ1n) is 5.05. The normalized spacial score (nSPS) is 11.0. The van der Waals surface area contributed by atoms with Gasteiger partial charge < -0.3 is 15.3 Å². The Bertz CT molecular complexity index is 512. The van der Waals surface area contributed by atoms with Crippen LogP contribution in [-0.4, -0.2) is 36.1 Å². The van der Waals surface area contributed by atoms with Gasteiger partial charge >= 0.3 is 18.2 Å². The summed E-state index contributed by atoms with van der Waals surface area (Å²) in [6.07, 6.45) is -4.69. The van der Waals surface area contributed by atoms with Gasteiger partial charge in [0.1, 0.15) is 0 Å². The van der Waals surface area contributed by atoms with Crippen LogP contribution in [0.3, 0.4) is 0 Å². The molecule has 0 aliphatic rings. The van der Waals surface area contributed by atoms with Crippen LogP contribution in [0.25, 0.3) is 0 Å². The number of halogens is 3. The zero-order valence-electron chi connectivity index (χ0n) is 10.1. The Balaban J connectivity index is 3.21. The predicted octanol–water partition coefficient (Wildman–Crippen LogP) is 2.50. The zero-order valence-corrected chi connectivity index (χ0v) is 10.1. The minimum atomic E-state index is -4.69. The zero-order chi connectivity index (χ0) is 14.8. The number of aromatic carboxylic acids is 1. The van der Waals surface area contributed by atoms with Gasteiger partial charge in [0.25, 0.3) is 0 Å². The summed E-state index contributed by atoms with van der Waals surface area (Å²) in [6.45, 7) is 0. The molecule has 0 bridgehead atoms. The van der Waals surface area contributed by atoms with E-state index in [4.69, 9.17) is 5.11 Å². The third-order valence-corrected chi connectivity index (χ3v) is 2.16. The minimum Gasteiger partial charge on any atom is -0.478 e. The topological polar surface area (TPSA) is 69.6 Å². The van der Waals surface area contributed by atoms with Crippen LogP contribution in [-0.2, 0) is 6.18 Å². The van der Waals surface area contributed by atoms with Crippen molar-refractivity contribution >= 4 is 17.7 Å². The molecule has 8 heteroatoms. The number of urea groups is 1. The van der Waals surface area contributed by atoms with Crippen molar-refractivity contribution in [2.45, 2.75) is 6.18 Å². The highest BCUT2D eigenvalue weighted by atomic mass is 19.4. The molecule has 0 heterocycles. The van der Waals surface area contributed by atoms with E-state index in [0.717, 1.165) is 11.0 Å². The van der Waals surface area contributed by atoms with E-state index >= 15 is 0 Å². The molecule has 0 radical (unpaired) electrons. The Kier molecular flexibility index (Phi) is 4.03. The Labute approximate surface area is 106 Å². The molecule has 2 N–H and O–H groups in total. The molecule has 19 heavy (non-hydrogen) atoms. The van der Waals surface area contributed by atoms with Crippen LogP contribution in [0, 0.1) is 0 Å². The number of amides is 2. The van der Waals surface area contributed by atoms with Crippen LogP contribution in [0.5, 0.6) is 0 Å². The van der Waals surface area contributed by atoms with Gasteiger partial charge in [-0.25, -0.2) is 9.59 Å². The average Bonchev–Trinajstić information content (AvgIpc) is 2.27. The fraction of sp³-hybridized carbons (Fsp3) is 0.273. The van der Waals surface area contributed by atoms with Crippen LogP contribution >= 0.6 is 0 Å². The summed E-state index contributed by atoms with van der Waals surface area (Å²) in [5.41, 5.74) is -1.92. The smallest absolute Gasteiger partial charge is 0.416 e. The van der Waals surface area contributed by atoms with Crippen molar-refractivity contribution in [2.75, 3.05) is 19.4 Å². The lowest BCUT2D eigenvalue weighted by atomic mass is 10.1. The number of hydrogen-bond acceptors (Lipinski definition) is 2. The lowest BCUT2D eigenvalue weighted by Crippen LogP contribution is -2.27. The Hall–Kier alpha value is -2.25.